The molecule has 1 aliphatic rings. The first-order valence-corrected chi connectivity index (χ1v) is 6.52. The van der Waals surface area contributed by atoms with E-state index in [1.807, 2.05) is 31.2 Å². The number of fused-ring (bicyclic) bond motifs is 1. The Balaban J connectivity index is 1.66. The fourth-order valence-electron chi connectivity index (χ4n) is 2.02. The number of benzene rings is 2. The van der Waals surface area contributed by atoms with Gasteiger partial charge in [0, 0.05) is 5.56 Å². The summed E-state index contributed by atoms with van der Waals surface area (Å²) < 4.78 is 10.4. The van der Waals surface area contributed by atoms with Crippen molar-refractivity contribution in [3.8, 4) is 11.5 Å². The standard InChI is InChI=1S/C16H14N2O3/c1-11-3-2-4-12(7-11)9-17-18-16(19)13-5-6-14-15(8-13)21-10-20-14/h2-9H,10H2,1H3,(H,18,19)/b17-9-. The molecule has 0 aromatic heterocycles. The van der Waals surface area contributed by atoms with Gasteiger partial charge in [0.1, 0.15) is 0 Å². The summed E-state index contributed by atoms with van der Waals surface area (Å²) in [7, 11) is 0. The van der Waals surface area contributed by atoms with Crippen LogP contribution in [0.5, 0.6) is 11.5 Å². The summed E-state index contributed by atoms with van der Waals surface area (Å²) in [6.45, 7) is 2.19. The van der Waals surface area contributed by atoms with Crippen molar-refractivity contribution < 1.29 is 14.3 Å². The fraction of sp³-hybridized carbons (Fsp3) is 0.125. The lowest BCUT2D eigenvalue weighted by Gasteiger charge is -2.01. The quantitative estimate of drug-likeness (QED) is 0.695. The van der Waals surface area contributed by atoms with Gasteiger partial charge >= 0.3 is 0 Å². The van der Waals surface area contributed by atoms with E-state index in [-0.39, 0.29) is 12.7 Å². The lowest BCUT2D eigenvalue weighted by atomic mass is 10.2. The van der Waals surface area contributed by atoms with Gasteiger partial charge in [-0.25, -0.2) is 5.43 Å². The van der Waals surface area contributed by atoms with E-state index in [4.69, 9.17) is 9.47 Å². The van der Waals surface area contributed by atoms with Gasteiger partial charge in [-0.05, 0) is 30.7 Å². The van der Waals surface area contributed by atoms with E-state index in [0.717, 1.165) is 11.1 Å². The minimum absolute atomic E-state index is 0.186. The molecule has 5 heteroatoms. The number of hydrogen-bond donors (Lipinski definition) is 1. The second-order valence-electron chi connectivity index (χ2n) is 4.68. The lowest BCUT2D eigenvalue weighted by molar-refractivity contribution is 0.0954. The zero-order valence-electron chi connectivity index (χ0n) is 11.5. The van der Waals surface area contributed by atoms with E-state index in [1.54, 1.807) is 24.4 Å². The highest BCUT2D eigenvalue weighted by Crippen LogP contribution is 2.32. The zero-order valence-corrected chi connectivity index (χ0v) is 11.5. The van der Waals surface area contributed by atoms with Crippen molar-refractivity contribution in [1.82, 2.24) is 5.43 Å². The third-order valence-corrected chi connectivity index (χ3v) is 3.06. The Hall–Kier alpha value is -2.82. The minimum Gasteiger partial charge on any atom is -0.454 e. The maximum absolute atomic E-state index is 12.0. The first-order chi connectivity index (χ1) is 10.2. The van der Waals surface area contributed by atoms with Crippen molar-refractivity contribution in [2.24, 2.45) is 5.10 Å². The molecule has 0 aliphatic carbocycles. The van der Waals surface area contributed by atoms with Crippen molar-refractivity contribution in [2.75, 3.05) is 6.79 Å². The van der Waals surface area contributed by atoms with Crippen LogP contribution in [0.1, 0.15) is 21.5 Å². The molecule has 2 aromatic carbocycles. The number of nitrogens with one attached hydrogen (secondary N) is 1. The van der Waals surface area contributed by atoms with Crippen LogP contribution in [0.4, 0.5) is 0 Å². The number of rotatable bonds is 3. The van der Waals surface area contributed by atoms with Crippen LogP contribution in [0.3, 0.4) is 0 Å². The molecule has 0 spiro atoms. The van der Waals surface area contributed by atoms with Gasteiger partial charge < -0.3 is 9.47 Å². The Morgan fingerprint density at radius 1 is 1.19 bits per heavy atom. The van der Waals surface area contributed by atoms with Gasteiger partial charge in [-0.15, -0.1) is 0 Å². The molecular formula is C16H14N2O3. The number of amides is 1. The molecule has 21 heavy (non-hydrogen) atoms. The molecule has 106 valence electrons. The van der Waals surface area contributed by atoms with E-state index in [0.29, 0.717) is 17.1 Å². The topological polar surface area (TPSA) is 59.9 Å². The van der Waals surface area contributed by atoms with Crippen LogP contribution in [0.2, 0.25) is 0 Å². The van der Waals surface area contributed by atoms with Crippen molar-refractivity contribution in [2.45, 2.75) is 6.92 Å². The predicted molar refractivity (Wildman–Crippen MR) is 78.8 cm³/mol. The van der Waals surface area contributed by atoms with Gasteiger partial charge in [-0.3, -0.25) is 4.79 Å². The summed E-state index contributed by atoms with van der Waals surface area (Å²) in [5.41, 5.74) is 5.04. The summed E-state index contributed by atoms with van der Waals surface area (Å²) in [5, 5.41) is 3.96. The van der Waals surface area contributed by atoms with Crippen LogP contribution in [0.15, 0.2) is 47.6 Å². The van der Waals surface area contributed by atoms with E-state index in [9.17, 15) is 4.79 Å². The molecule has 5 nitrogen and oxygen atoms in total. The highest BCUT2D eigenvalue weighted by atomic mass is 16.7. The third-order valence-electron chi connectivity index (χ3n) is 3.06. The SMILES string of the molecule is Cc1cccc(/C=N\NC(=O)c2ccc3c(c2)OCO3)c1. The van der Waals surface area contributed by atoms with Crippen LogP contribution < -0.4 is 14.9 Å². The monoisotopic (exact) mass is 282 g/mol. The molecule has 0 saturated carbocycles. The number of carbonyl (C=O) groups is 1. The molecule has 2 aromatic rings. The van der Waals surface area contributed by atoms with Gasteiger partial charge in [0.25, 0.3) is 5.91 Å². The predicted octanol–water partition coefficient (Wildman–Crippen LogP) is 2.49. The van der Waals surface area contributed by atoms with Crippen LogP contribution in [-0.2, 0) is 0 Å². The molecule has 0 fully saturated rings. The van der Waals surface area contributed by atoms with E-state index >= 15 is 0 Å². The molecule has 0 bridgehead atoms. The molecule has 1 aliphatic heterocycles. The van der Waals surface area contributed by atoms with Crippen molar-refractivity contribution >= 4 is 12.1 Å². The molecule has 1 heterocycles. The summed E-state index contributed by atoms with van der Waals surface area (Å²) in [4.78, 5) is 12.0. The second-order valence-corrected chi connectivity index (χ2v) is 4.68. The average molecular weight is 282 g/mol. The number of hydrogen-bond acceptors (Lipinski definition) is 4. The Labute approximate surface area is 122 Å². The molecule has 3 rings (SSSR count). The Bertz CT molecular complexity index is 710. The van der Waals surface area contributed by atoms with Crippen LogP contribution in [0, 0.1) is 6.92 Å². The average Bonchev–Trinajstić information content (AvgIpc) is 2.94. The summed E-state index contributed by atoms with van der Waals surface area (Å²) in [6, 6.07) is 12.9. The molecule has 1 amide bonds. The number of hydrazone groups is 1. The van der Waals surface area contributed by atoms with Gasteiger partial charge in [-0.1, -0.05) is 29.8 Å². The Morgan fingerprint density at radius 2 is 2.05 bits per heavy atom. The second kappa shape index (κ2) is 5.66. The number of nitrogens with zero attached hydrogens (tertiary/aromatic N) is 1. The number of ether oxygens (including phenoxy) is 2. The van der Waals surface area contributed by atoms with Gasteiger partial charge in [-0.2, -0.15) is 5.10 Å². The Kier molecular flexibility index (Phi) is 3.55. The fourth-order valence-corrected chi connectivity index (χ4v) is 2.02. The van der Waals surface area contributed by atoms with Crippen molar-refractivity contribution in [1.29, 1.82) is 0 Å². The van der Waals surface area contributed by atoms with E-state index in [2.05, 4.69) is 10.5 Å². The normalized spacial score (nSPS) is 12.6. The summed E-state index contributed by atoms with van der Waals surface area (Å²) in [6.07, 6.45) is 1.61. The molecule has 0 saturated heterocycles. The van der Waals surface area contributed by atoms with Crippen LogP contribution in [-0.4, -0.2) is 18.9 Å². The van der Waals surface area contributed by atoms with Crippen molar-refractivity contribution in [3.63, 3.8) is 0 Å². The first kappa shape index (κ1) is 13.2. The zero-order chi connectivity index (χ0) is 14.7. The first-order valence-electron chi connectivity index (χ1n) is 6.52. The largest absolute Gasteiger partial charge is 0.454 e. The minimum atomic E-state index is -0.294. The summed E-state index contributed by atoms with van der Waals surface area (Å²) >= 11 is 0. The van der Waals surface area contributed by atoms with E-state index in [1.165, 1.54) is 0 Å². The maximum Gasteiger partial charge on any atom is 0.271 e. The number of carbonyl (C=O) groups excluding carboxylic acids is 1. The number of aryl methyl sites for hydroxylation is 1. The molecule has 0 atom stereocenters. The van der Waals surface area contributed by atoms with Gasteiger partial charge in [0.05, 0.1) is 6.21 Å². The third kappa shape index (κ3) is 3.02. The maximum atomic E-state index is 12.0. The van der Waals surface area contributed by atoms with Crippen molar-refractivity contribution in [3.05, 3.63) is 59.2 Å². The molecular weight excluding hydrogens is 268 g/mol. The molecule has 0 unspecified atom stereocenters. The highest BCUT2D eigenvalue weighted by Gasteiger charge is 2.15. The van der Waals surface area contributed by atoms with Gasteiger partial charge in [0.15, 0.2) is 11.5 Å². The van der Waals surface area contributed by atoms with Gasteiger partial charge in [0.2, 0.25) is 6.79 Å². The van der Waals surface area contributed by atoms with E-state index < -0.39 is 0 Å². The van der Waals surface area contributed by atoms with Crippen LogP contribution in [0.25, 0.3) is 0 Å². The molecule has 0 radical (unpaired) electrons. The highest BCUT2D eigenvalue weighted by molar-refractivity contribution is 5.95. The smallest absolute Gasteiger partial charge is 0.271 e. The van der Waals surface area contributed by atoms with Crippen LogP contribution >= 0.6 is 0 Å². The lowest BCUT2D eigenvalue weighted by Crippen LogP contribution is -2.17. The molecule has 1 N–H and O–H groups in total. The summed E-state index contributed by atoms with van der Waals surface area (Å²) in [5.74, 6) is 0.928. The Morgan fingerprint density at radius 3 is 2.90 bits per heavy atom.